The summed E-state index contributed by atoms with van der Waals surface area (Å²) in [6, 6.07) is 9.42. The van der Waals surface area contributed by atoms with Crippen LogP contribution >= 0.6 is 12.2 Å². The molecule has 2 aromatic rings. The number of methoxy groups -OCH3 is 1. The molecule has 0 radical (unpaired) electrons. The lowest BCUT2D eigenvalue weighted by Crippen LogP contribution is -2.33. The van der Waals surface area contributed by atoms with Crippen molar-refractivity contribution < 1.29 is 38.1 Å². The summed E-state index contributed by atoms with van der Waals surface area (Å²) in [5, 5.41) is 6.74. The van der Waals surface area contributed by atoms with Gasteiger partial charge in [0.05, 0.1) is 71.4 Å². The third kappa shape index (κ3) is 16.2. The van der Waals surface area contributed by atoms with Gasteiger partial charge >= 0.3 is 12.1 Å². The van der Waals surface area contributed by atoms with Crippen LogP contribution in [0.5, 0.6) is 0 Å². The van der Waals surface area contributed by atoms with Crippen molar-refractivity contribution in [3.05, 3.63) is 53.1 Å². The second-order valence-corrected chi connectivity index (χ2v) is 10.4. The fourth-order valence-electron chi connectivity index (χ4n) is 4.38. The first-order valence-corrected chi connectivity index (χ1v) is 15.6. The first kappa shape index (κ1) is 38.8. The number of nitrogens with one attached hydrogen (secondary N) is 2. The number of rotatable bonds is 7. The van der Waals surface area contributed by atoms with Crippen LogP contribution < -0.4 is 10.6 Å². The molecule has 0 bridgehead atoms. The second-order valence-electron chi connectivity index (χ2n) is 9.99. The predicted octanol–water partition coefficient (Wildman–Crippen LogP) is 1.54. The highest BCUT2D eigenvalue weighted by Gasteiger charge is 2.13. The van der Waals surface area contributed by atoms with Gasteiger partial charge in [-0.2, -0.15) is 9.59 Å². The number of pyridine rings is 2. The minimum absolute atomic E-state index is 0.250. The van der Waals surface area contributed by atoms with E-state index in [9.17, 15) is 4.79 Å². The average molecular weight is 663 g/mol. The standard InChI is InChI=1S/C30H46N6O6S.CO2/c1-4-24-20-26(34-30(43)31-2)21-27(32-24)23-36-10-14-41-18-16-39-12-8-35(9-13-40-17-19-42-15-11-36)22-25-6-5-7-28(33-25)29(37)38-3;2-1-3/h5-7,20-21H,4,8-19,22-23H2,1-3H3,(H2,31,32,34,43);. The van der Waals surface area contributed by atoms with E-state index in [2.05, 4.69) is 32.3 Å². The molecule has 46 heavy (non-hydrogen) atoms. The number of carbonyl (C=O) groups excluding carboxylic acids is 3. The molecule has 3 heterocycles. The van der Waals surface area contributed by atoms with Gasteiger partial charge in [-0.05, 0) is 42.9 Å². The van der Waals surface area contributed by atoms with Gasteiger partial charge in [0.2, 0.25) is 0 Å². The van der Waals surface area contributed by atoms with Crippen molar-refractivity contribution in [2.45, 2.75) is 26.4 Å². The zero-order valence-corrected chi connectivity index (χ0v) is 27.8. The molecule has 0 saturated carbocycles. The Morgan fingerprint density at radius 3 is 1.83 bits per heavy atom. The lowest BCUT2D eigenvalue weighted by atomic mass is 10.2. The molecule has 0 amide bonds. The van der Waals surface area contributed by atoms with Crippen molar-refractivity contribution >= 4 is 35.1 Å². The lowest BCUT2D eigenvalue weighted by Gasteiger charge is -2.24. The van der Waals surface area contributed by atoms with E-state index in [-0.39, 0.29) is 6.15 Å². The van der Waals surface area contributed by atoms with E-state index in [4.69, 9.17) is 50.5 Å². The topological polar surface area (TPSA) is 154 Å². The molecule has 15 heteroatoms. The largest absolute Gasteiger partial charge is 0.464 e. The Morgan fingerprint density at radius 2 is 1.35 bits per heavy atom. The number of nitrogens with zero attached hydrogens (tertiary/aromatic N) is 4. The average Bonchev–Trinajstić information content (AvgIpc) is 3.06. The molecule has 1 saturated heterocycles. The fourth-order valence-corrected chi connectivity index (χ4v) is 4.50. The summed E-state index contributed by atoms with van der Waals surface area (Å²) in [6.45, 7) is 10.4. The Hall–Kier alpha value is -3.40. The van der Waals surface area contributed by atoms with Crippen molar-refractivity contribution in [1.82, 2.24) is 25.1 Å². The van der Waals surface area contributed by atoms with Gasteiger partial charge in [0.1, 0.15) is 5.69 Å². The maximum atomic E-state index is 11.9. The molecule has 3 rings (SSSR count). The number of carbonyl (C=O) groups is 1. The van der Waals surface area contributed by atoms with Gasteiger partial charge < -0.3 is 34.3 Å². The van der Waals surface area contributed by atoms with E-state index in [1.807, 2.05) is 24.3 Å². The highest BCUT2D eigenvalue weighted by Crippen LogP contribution is 2.14. The SMILES string of the molecule is CCc1cc(NC(=S)NC)cc(CN2CCOCCOCCN(Cc3cccc(C(=O)OC)n3)CCOCCOCC2)n1.O=C=O. The molecule has 1 fully saturated rings. The summed E-state index contributed by atoms with van der Waals surface area (Å²) in [6.07, 6.45) is 1.08. The summed E-state index contributed by atoms with van der Waals surface area (Å²) in [7, 11) is 3.15. The molecular weight excluding hydrogens is 616 g/mol. The van der Waals surface area contributed by atoms with Gasteiger partial charge in [-0.1, -0.05) is 13.0 Å². The Bertz CT molecular complexity index is 1200. The first-order valence-electron chi connectivity index (χ1n) is 15.2. The van der Waals surface area contributed by atoms with Crippen LogP contribution in [0.15, 0.2) is 30.3 Å². The molecule has 0 aromatic carbocycles. The van der Waals surface area contributed by atoms with Crippen molar-refractivity contribution in [3.8, 4) is 0 Å². The Balaban J connectivity index is 0.00000236. The van der Waals surface area contributed by atoms with E-state index in [0.29, 0.717) is 89.8 Å². The number of esters is 1. The first-order chi connectivity index (χ1) is 22.4. The highest BCUT2D eigenvalue weighted by molar-refractivity contribution is 7.80. The summed E-state index contributed by atoms with van der Waals surface area (Å²) < 4.78 is 28.3. The van der Waals surface area contributed by atoms with Crippen LogP contribution in [0.2, 0.25) is 0 Å². The maximum Gasteiger partial charge on any atom is 0.373 e. The van der Waals surface area contributed by atoms with Crippen molar-refractivity contribution in [1.29, 1.82) is 0 Å². The zero-order valence-electron chi connectivity index (χ0n) is 27.0. The number of aromatic nitrogens is 2. The van der Waals surface area contributed by atoms with Gasteiger partial charge in [0.25, 0.3) is 0 Å². The zero-order chi connectivity index (χ0) is 33.4. The summed E-state index contributed by atoms with van der Waals surface area (Å²) >= 11 is 5.28. The lowest BCUT2D eigenvalue weighted by molar-refractivity contribution is -0.191. The summed E-state index contributed by atoms with van der Waals surface area (Å²) in [5.74, 6) is -0.449. The van der Waals surface area contributed by atoms with Crippen molar-refractivity contribution in [2.75, 3.05) is 98.5 Å². The number of ether oxygens (including phenoxy) is 5. The number of aryl methyl sites for hydroxylation is 1. The molecule has 0 aliphatic carbocycles. The van der Waals surface area contributed by atoms with Crippen LogP contribution in [0.4, 0.5) is 5.69 Å². The van der Waals surface area contributed by atoms with Gasteiger partial charge in [-0.3, -0.25) is 14.8 Å². The van der Waals surface area contributed by atoms with Crippen LogP contribution in [0.3, 0.4) is 0 Å². The van der Waals surface area contributed by atoms with Crippen LogP contribution in [-0.2, 0) is 52.8 Å². The van der Waals surface area contributed by atoms with Crippen LogP contribution in [0, 0.1) is 0 Å². The van der Waals surface area contributed by atoms with Crippen LogP contribution in [0.25, 0.3) is 0 Å². The van der Waals surface area contributed by atoms with E-state index < -0.39 is 5.97 Å². The van der Waals surface area contributed by atoms with Crippen molar-refractivity contribution in [2.24, 2.45) is 0 Å². The molecule has 0 unspecified atom stereocenters. The van der Waals surface area contributed by atoms with Gasteiger partial charge in [0, 0.05) is 57.7 Å². The minimum Gasteiger partial charge on any atom is -0.464 e. The van der Waals surface area contributed by atoms with E-state index in [0.717, 1.165) is 42.3 Å². The number of thiocarbonyl (C=S) groups is 1. The summed E-state index contributed by atoms with van der Waals surface area (Å²) in [5.41, 5.74) is 3.97. The van der Waals surface area contributed by atoms with E-state index in [1.54, 1.807) is 13.1 Å². The molecule has 0 spiro atoms. The number of hydrogen-bond acceptors (Lipinski definition) is 13. The Labute approximate surface area is 276 Å². The molecule has 254 valence electrons. The van der Waals surface area contributed by atoms with Gasteiger partial charge in [-0.25, -0.2) is 9.78 Å². The third-order valence-corrected chi connectivity index (χ3v) is 7.01. The molecule has 2 N–H and O–H groups in total. The second kappa shape index (κ2) is 23.9. The Morgan fingerprint density at radius 1 is 0.848 bits per heavy atom. The predicted molar refractivity (Wildman–Crippen MR) is 173 cm³/mol. The van der Waals surface area contributed by atoms with E-state index in [1.165, 1.54) is 7.11 Å². The smallest absolute Gasteiger partial charge is 0.373 e. The minimum atomic E-state index is -0.449. The van der Waals surface area contributed by atoms with Gasteiger partial charge in [-0.15, -0.1) is 0 Å². The number of anilines is 1. The van der Waals surface area contributed by atoms with Crippen molar-refractivity contribution in [3.63, 3.8) is 0 Å². The molecular formula is C31H46N6O8S. The Kier molecular flexibility index (Phi) is 20.1. The number of hydrogen-bond donors (Lipinski definition) is 2. The van der Waals surface area contributed by atoms with Crippen LogP contribution in [0.1, 0.15) is 34.5 Å². The monoisotopic (exact) mass is 662 g/mol. The molecule has 1 aliphatic rings. The molecule has 1 aliphatic heterocycles. The van der Waals surface area contributed by atoms with E-state index >= 15 is 0 Å². The molecule has 0 atom stereocenters. The van der Waals surface area contributed by atoms with Gasteiger partial charge in [0.15, 0.2) is 5.11 Å². The quantitative estimate of drug-likeness (QED) is 0.325. The third-order valence-electron chi connectivity index (χ3n) is 6.70. The van der Waals surface area contributed by atoms with Crippen LogP contribution in [-0.4, -0.2) is 130 Å². The normalized spacial score (nSPS) is 16.4. The highest BCUT2D eigenvalue weighted by atomic mass is 32.1. The molecule has 14 nitrogen and oxygen atoms in total. The fraction of sp³-hybridized carbons (Fsp3) is 0.581. The maximum absolute atomic E-state index is 11.9. The molecule has 2 aromatic heterocycles. The summed E-state index contributed by atoms with van der Waals surface area (Å²) in [4.78, 5) is 41.9.